The van der Waals surface area contributed by atoms with Crippen molar-refractivity contribution >= 4 is 23.0 Å². The van der Waals surface area contributed by atoms with Crippen LogP contribution in [0.5, 0.6) is 0 Å². The number of carbonyl (C=O) groups is 2. The van der Waals surface area contributed by atoms with Gasteiger partial charge in [0.1, 0.15) is 0 Å². The molecule has 1 aliphatic heterocycles. The Morgan fingerprint density at radius 3 is 2.44 bits per heavy atom. The maximum atomic E-state index is 13.7. The van der Waals surface area contributed by atoms with E-state index in [1.54, 1.807) is 29.5 Å². The monoisotopic (exact) mass is 633 g/mol. The number of amides is 1. The lowest BCUT2D eigenvalue weighted by Crippen LogP contribution is -2.30. The molecule has 0 aliphatic carbocycles. The third kappa shape index (κ3) is 8.50. The molecule has 1 amide bonds. The predicted molar refractivity (Wildman–Crippen MR) is 171 cm³/mol. The average molecular weight is 634 g/mol. The van der Waals surface area contributed by atoms with E-state index in [4.69, 9.17) is 0 Å². The largest absolute Gasteiger partial charge is 0.416 e. The quantitative estimate of drug-likeness (QED) is 0.159. The zero-order valence-electron chi connectivity index (χ0n) is 25.3. The van der Waals surface area contributed by atoms with Crippen molar-refractivity contribution in [3.05, 3.63) is 129 Å². The summed E-state index contributed by atoms with van der Waals surface area (Å²) in [6.07, 6.45) is -1.62. The fourth-order valence-corrected chi connectivity index (χ4v) is 7.16. The molecule has 1 fully saturated rings. The summed E-state index contributed by atoms with van der Waals surface area (Å²) in [5.74, 6) is -0.635. The van der Waals surface area contributed by atoms with Gasteiger partial charge in [-0.05, 0) is 104 Å². The highest BCUT2D eigenvalue weighted by molar-refractivity contribution is 7.10. The molecule has 1 aromatic heterocycles. The molecule has 5 rings (SSSR count). The summed E-state index contributed by atoms with van der Waals surface area (Å²) in [7, 11) is 0. The van der Waals surface area contributed by atoms with Gasteiger partial charge in [-0.3, -0.25) is 9.59 Å². The van der Waals surface area contributed by atoms with Crippen molar-refractivity contribution in [1.29, 1.82) is 0 Å². The summed E-state index contributed by atoms with van der Waals surface area (Å²) in [6, 6.07) is 24.3. The van der Waals surface area contributed by atoms with Gasteiger partial charge in [0.05, 0.1) is 17.7 Å². The molecule has 1 saturated heterocycles. The molecule has 0 spiro atoms. The van der Waals surface area contributed by atoms with E-state index in [0.29, 0.717) is 48.9 Å². The normalized spacial score (nSPS) is 16.5. The van der Waals surface area contributed by atoms with Crippen LogP contribution in [-0.2, 0) is 19.0 Å². The fraction of sp³-hybridized carbons (Fsp3) is 0.351. The molecule has 0 saturated carbocycles. The van der Waals surface area contributed by atoms with Crippen molar-refractivity contribution in [2.45, 2.75) is 70.2 Å². The Bertz CT molecular complexity index is 1590. The van der Waals surface area contributed by atoms with Gasteiger partial charge in [0.25, 0.3) is 5.91 Å². The number of nitrogens with zero attached hydrogens (tertiary/aromatic N) is 1. The number of hydrogen-bond acceptors (Lipinski definition) is 4. The van der Waals surface area contributed by atoms with Crippen LogP contribution >= 0.6 is 11.3 Å². The first-order valence-electron chi connectivity index (χ1n) is 15.5. The fourth-order valence-electron chi connectivity index (χ4n) is 6.29. The maximum absolute atomic E-state index is 13.7. The van der Waals surface area contributed by atoms with Crippen LogP contribution in [0.25, 0.3) is 0 Å². The number of carbonyl (C=O) groups excluding carboxylic acids is 2. The Balaban J connectivity index is 1.29. The van der Waals surface area contributed by atoms with E-state index < -0.39 is 23.8 Å². The molecule has 45 heavy (non-hydrogen) atoms. The molecular weight excluding hydrogens is 595 g/mol. The maximum Gasteiger partial charge on any atom is 0.416 e. The lowest BCUT2D eigenvalue weighted by Gasteiger charge is -2.25. The van der Waals surface area contributed by atoms with E-state index in [1.165, 1.54) is 6.07 Å². The van der Waals surface area contributed by atoms with Crippen LogP contribution in [0.3, 0.4) is 0 Å². The van der Waals surface area contributed by atoms with E-state index >= 15 is 0 Å². The number of hydrogen-bond donors (Lipinski definition) is 1. The summed E-state index contributed by atoms with van der Waals surface area (Å²) < 4.78 is 39.4. The van der Waals surface area contributed by atoms with Gasteiger partial charge in [-0.1, -0.05) is 54.6 Å². The number of alkyl halides is 3. The average Bonchev–Trinajstić information content (AvgIpc) is 3.73. The van der Waals surface area contributed by atoms with E-state index in [9.17, 15) is 27.9 Å². The van der Waals surface area contributed by atoms with Crippen LogP contribution in [0.4, 0.5) is 13.2 Å². The van der Waals surface area contributed by atoms with Gasteiger partial charge in [-0.25, -0.2) is 0 Å². The van der Waals surface area contributed by atoms with Gasteiger partial charge in [0, 0.05) is 29.0 Å². The van der Waals surface area contributed by atoms with E-state index in [1.807, 2.05) is 59.7 Å². The highest BCUT2D eigenvalue weighted by Crippen LogP contribution is 2.36. The van der Waals surface area contributed by atoms with E-state index in [2.05, 4.69) is 6.07 Å². The van der Waals surface area contributed by atoms with Crippen molar-refractivity contribution in [1.82, 2.24) is 4.90 Å². The second kappa shape index (κ2) is 14.6. The second-order valence-electron chi connectivity index (χ2n) is 12.0. The predicted octanol–water partition coefficient (Wildman–Crippen LogP) is 8.87. The van der Waals surface area contributed by atoms with Gasteiger partial charge in [-0.15, -0.1) is 11.3 Å². The lowest BCUT2D eigenvalue weighted by atomic mass is 9.85. The van der Waals surface area contributed by atoms with Crippen LogP contribution in [0, 0.1) is 12.8 Å². The van der Waals surface area contributed by atoms with E-state index in [-0.39, 0.29) is 24.2 Å². The number of aliphatic hydroxyl groups excluding tert-OH is 1. The van der Waals surface area contributed by atoms with Crippen LogP contribution in [0.2, 0.25) is 0 Å². The minimum absolute atomic E-state index is 0.0403. The second-order valence-corrected chi connectivity index (χ2v) is 13.0. The van der Waals surface area contributed by atoms with Crippen molar-refractivity contribution < 1.29 is 27.9 Å². The minimum atomic E-state index is -4.41. The molecular formula is C37H38F3NO3S. The molecule has 1 unspecified atom stereocenters. The zero-order chi connectivity index (χ0) is 32.0. The molecule has 236 valence electrons. The molecule has 8 heteroatoms. The smallest absolute Gasteiger partial charge is 0.393 e. The van der Waals surface area contributed by atoms with Crippen LogP contribution < -0.4 is 0 Å². The molecule has 0 radical (unpaired) electrons. The SMILES string of the molecule is Cc1cc(C(=O)C[C@@H](Cc2ccccc2)[C@H](O)CCCc2cccc(C(F)(F)F)c2)cc(C(=O)N2CCCC2c2cccs2)c1. The van der Waals surface area contributed by atoms with Crippen molar-refractivity contribution in [2.75, 3.05) is 6.54 Å². The Morgan fingerprint density at radius 1 is 0.956 bits per heavy atom. The molecule has 1 N–H and O–H groups in total. The third-order valence-corrected chi connectivity index (χ3v) is 9.56. The Kier molecular flexibility index (Phi) is 10.6. The highest BCUT2D eigenvalue weighted by atomic mass is 32.1. The summed E-state index contributed by atoms with van der Waals surface area (Å²) in [5, 5.41) is 13.3. The number of rotatable bonds is 12. The number of aryl methyl sites for hydroxylation is 2. The van der Waals surface area contributed by atoms with Gasteiger partial charge < -0.3 is 10.0 Å². The molecule has 1 aliphatic rings. The van der Waals surface area contributed by atoms with Crippen LogP contribution in [-0.4, -0.2) is 34.3 Å². The number of ketones is 1. The number of halogens is 3. The lowest BCUT2D eigenvalue weighted by molar-refractivity contribution is -0.137. The van der Waals surface area contributed by atoms with Crippen LogP contribution in [0.15, 0.2) is 90.3 Å². The summed E-state index contributed by atoms with van der Waals surface area (Å²) in [4.78, 5) is 30.5. The molecule has 3 atom stereocenters. The number of aliphatic hydroxyl groups is 1. The van der Waals surface area contributed by atoms with E-state index in [0.717, 1.165) is 41.0 Å². The summed E-state index contributed by atoms with van der Waals surface area (Å²) in [5.41, 5.74) is 2.61. The molecule has 4 nitrogen and oxygen atoms in total. The molecule has 2 heterocycles. The number of Topliss-reactive ketones (excluding diaryl/α,β-unsaturated/α-hetero) is 1. The summed E-state index contributed by atoms with van der Waals surface area (Å²) in [6.45, 7) is 2.54. The minimum Gasteiger partial charge on any atom is -0.393 e. The Morgan fingerprint density at radius 2 is 1.71 bits per heavy atom. The van der Waals surface area contributed by atoms with Crippen molar-refractivity contribution in [2.24, 2.45) is 5.92 Å². The zero-order valence-corrected chi connectivity index (χ0v) is 26.1. The molecule has 0 bridgehead atoms. The first-order chi connectivity index (χ1) is 21.6. The van der Waals surface area contributed by atoms with Gasteiger partial charge >= 0.3 is 6.18 Å². The van der Waals surface area contributed by atoms with Gasteiger partial charge in [0.15, 0.2) is 5.78 Å². The van der Waals surface area contributed by atoms with Crippen molar-refractivity contribution in [3.63, 3.8) is 0 Å². The number of benzene rings is 3. The highest BCUT2D eigenvalue weighted by Gasteiger charge is 2.32. The molecule has 3 aromatic carbocycles. The first-order valence-corrected chi connectivity index (χ1v) is 16.3. The standard InChI is InChI=1S/C37H38F3NO3S/c1-25-19-28(23-30(20-25)36(44)41-17-7-14-32(41)35-16-8-18-45-35)34(43)24-29(21-26-9-3-2-4-10-26)33(42)15-6-12-27-11-5-13-31(22-27)37(38,39)40/h2-5,8-11,13,16,18-20,22-23,29,32-33,42H,6-7,12,14-15,17,21,24H2,1H3/t29-,32?,33-/m1/s1. The van der Waals surface area contributed by atoms with Crippen molar-refractivity contribution in [3.8, 4) is 0 Å². The molecule has 4 aromatic rings. The topological polar surface area (TPSA) is 57.6 Å². The number of thiophene rings is 1. The third-order valence-electron chi connectivity index (χ3n) is 8.58. The first kappa shape index (κ1) is 32.6. The Hall–Kier alpha value is -3.75. The van der Waals surface area contributed by atoms with Crippen LogP contribution in [0.1, 0.15) is 86.0 Å². The summed E-state index contributed by atoms with van der Waals surface area (Å²) >= 11 is 1.65. The Labute approximate surface area is 266 Å². The van der Waals surface area contributed by atoms with Gasteiger partial charge in [-0.2, -0.15) is 13.2 Å². The number of likely N-dealkylation sites (tertiary alicyclic amines) is 1. The van der Waals surface area contributed by atoms with Gasteiger partial charge in [0.2, 0.25) is 0 Å².